The number of benzene rings is 2. The van der Waals surface area contributed by atoms with Crippen LogP contribution in [0.4, 0.5) is 4.39 Å². The molecule has 6 heteroatoms. The highest BCUT2D eigenvalue weighted by molar-refractivity contribution is 6.01. The van der Waals surface area contributed by atoms with Crippen LogP contribution < -0.4 is 4.74 Å². The van der Waals surface area contributed by atoms with Crippen LogP contribution in [0.3, 0.4) is 0 Å². The monoisotopic (exact) mass is 398 g/mol. The minimum atomic E-state index is -0.305. The summed E-state index contributed by atoms with van der Waals surface area (Å²) in [6.45, 7) is 4.77. The number of oxime groups is 1. The number of rotatable bonds is 8. The zero-order chi connectivity index (χ0) is 20.8. The van der Waals surface area contributed by atoms with Crippen LogP contribution in [0.25, 0.3) is 0 Å². The maximum atomic E-state index is 13.6. The maximum Gasteiger partial charge on any atom is 0.223 e. The van der Waals surface area contributed by atoms with E-state index in [0.29, 0.717) is 25.9 Å². The molecule has 1 aliphatic rings. The van der Waals surface area contributed by atoms with Crippen molar-refractivity contribution in [2.45, 2.75) is 39.3 Å². The van der Waals surface area contributed by atoms with Gasteiger partial charge in [-0.05, 0) is 53.4 Å². The Labute approximate surface area is 171 Å². The summed E-state index contributed by atoms with van der Waals surface area (Å²) in [5.41, 5.74) is 2.58. The smallest absolute Gasteiger partial charge is 0.223 e. The van der Waals surface area contributed by atoms with E-state index in [2.05, 4.69) is 5.16 Å². The van der Waals surface area contributed by atoms with Gasteiger partial charge in [-0.2, -0.15) is 0 Å². The summed E-state index contributed by atoms with van der Waals surface area (Å²) in [6, 6.07) is 14.0. The lowest BCUT2D eigenvalue weighted by atomic mass is 10.0. The van der Waals surface area contributed by atoms with Crippen molar-refractivity contribution in [3.8, 4) is 5.75 Å². The molecule has 0 saturated heterocycles. The van der Waals surface area contributed by atoms with E-state index < -0.39 is 0 Å². The Kier molecular flexibility index (Phi) is 6.86. The van der Waals surface area contributed by atoms with E-state index in [1.54, 1.807) is 18.1 Å². The minimum absolute atomic E-state index is 0.0331. The Morgan fingerprint density at radius 3 is 2.69 bits per heavy atom. The van der Waals surface area contributed by atoms with Crippen LogP contribution in [0.1, 0.15) is 37.8 Å². The van der Waals surface area contributed by atoms with Crippen LogP contribution in [0.15, 0.2) is 53.7 Å². The van der Waals surface area contributed by atoms with Crippen molar-refractivity contribution < 1.29 is 18.8 Å². The molecule has 29 heavy (non-hydrogen) atoms. The number of hydrogen-bond donors (Lipinski definition) is 0. The number of nitrogens with zero attached hydrogens (tertiary/aromatic N) is 2. The van der Waals surface area contributed by atoms with E-state index >= 15 is 0 Å². The average molecular weight is 398 g/mol. The van der Waals surface area contributed by atoms with Gasteiger partial charge in [-0.3, -0.25) is 4.79 Å². The van der Waals surface area contributed by atoms with Crippen LogP contribution >= 0.6 is 0 Å². The molecule has 0 radical (unpaired) electrons. The molecule has 0 aliphatic carbocycles. The molecule has 0 spiro atoms. The molecule has 0 bridgehead atoms. The number of carbonyl (C=O) groups excluding carboxylic acids is 1. The van der Waals surface area contributed by atoms with Gasteiger partial charge in [0.15, 0.2) is 6.10 Å². The highest BCUT2D eigenvalue weighted by Gasteiger charge is 2.27. The van der Waals surface area contributed by atoms with Gasteiger partial charge in [0.25, 0.3) is 0 Å². The van der Waals surface area contributed by atoms with Gasteiger partial charge in [0.2, 0.25) is 5.91 Å². The topological polar surface area (TPSA) is 51.1 Å². The summed E-state index contributed by atoms with van der Waals surface area (Å²) < 4.78 is 18.8. The molecule has 1 atom stereocenters. The standard InChI is InChI=1S/C23H27FN2O3/c1-16(2)11-23(27)26(14-17-5-4-6-19(24)12-17)15-21-13-22(25-29-21)18-7-9-20(28-3)10-8-18/h4-10,12,16,21H,11,13-15H2,1-3H3. The first-order valence-corrected chi connectivity index (χ1v) is 9.84. The zero-order valence-corrected chi connectivity index (χ0v) is 17.1. The molecule has 1 aliphatic heterocycles. The van der Waals surface area contributed by atoms with Gasteiger partial charge in [0.05, 0.1) is 19.4 Å². The summed E-state index contributed by atoms with van der Waals surface area (Å²) >= 11 is 0. The molecule has 2 aromatic rings. The molecule has 0 saturated carbocycles. The second kappa shape index (κ2) is 9.54. The first-order chi connectivity index (χ1) is 13.9. The number of methoxy groups -OCH3 is 1. The van der Waals surface area contributed by atoms with Crippen molar-refractivity contribution in [1.29, 1.82) is 0 Å². The summed E-state index contributed by atoms with van der Waals surface area (Å²) in [4.78, 5) is 20.1. The lowest BCUT2D eigenvalue weighted by Gasteiger charge is -2.26. The molecular weight excluding hydrogens is 371 g/mol. The average Bonchev–Trinajstić information content (AvgIpc) is 3.15. The fourth-order valence-electron chi connectivity index (χ4n) is 3.31. The van der Waals surface area contributed by atoms with E-state index in [4.69, 9.17) is 9.57 Å². The molecule has 154 valence electrons. The second-order valence-corrected chi connectivity index (χ2v) is 7.70. The number of carbonyl (C=O) groups is 1. The fourth-order valence-corrected chi connectivity index (χ4v) is 3.31. The summed E-state index contributed by atoms with van der Waals surface area (Å²) in [5.74, 6) is 0.755. The van der Waals surface area contributed by atoms with E-state index in [1.807, 2.05) is 44.2 Å². The van der Waals surface area contributed by atoms with E-state index in [1.165, 1.54) is 12.1 Å². The van der Waals surface area contributed by atoms with Crippen molar-refractivity contribution in [1.82, 2.24) is 4.90 Å². The normalized spacial score (nSPS) is 15.8. The van der Waals surface area contributed by atoms with Crippen LogP contribution in [-0.4, -0.2) is 36.3 Å². The summed E-state index contributed by atoms with van der Waals surface area (Å²) in [5, 5.41) is 4.22. The van der Waals surface area contributed by atoms with Crippen LogP contribution in [0, 0.1) is 11.7 Å². The number of ether oxygens (including phenoxy) is 1. The van der Waals surface area contributed by atoms with Gasteiger partial charge in [0, 0.05) is 19.4 Å². The van der Waals surface area contributed by atoms with Crippen LogP contribution in [0.5, 0.6) is 5.75 Å². The van der Waals surface area contributed by atoms with Gasteiger partial charge in [0.1, 0.15) is 11.6 Å². The Balaban J connectivity index is 1.66. The molecule has 5 nitrogen and oxygen atoms in total. The predicted octanol–water partition coefficient (Wildman–Crippen LogP) is 4.40. The van der Waals surface area contributed by atoms with Gasteiger partial charge in [-0.25, -0.2) is 4.39 Å². The van der Waals surface area contributed by atoms with E-state index in [9.17, 15) is 9.18 Å². The molecule has 0 fully saturated rings. The third-order valence-corrected chi connectivity index (χ3v) is 4.78. The highest BCUT2D eigenvalue weighted by Crippen LogP contribution is 2.21. The minimum Gasteiger partial charge on any atom is -0.497 e. The lowest BCUT2D eigenvalue weighted by molar-refractivity contribution is -0.134. The Morgan fingerprint density at radius 2 is 2.03 bits per heavy atom. The first kappa shape index (κ1) is 20.8. The highest BCUT2D eigenvalue weighted by atomic mass is 19.1. The summed E-state index contributed by atoms with van der Waals surface area (Å²) in [7, 11) is 1.63. The largest absolute Gasteiger partial charge is 0.497 e. The predicted molar refractivity (Wildman–Crippen MR) is 110 cm³/mol. The molecule has 2 aromatic carbocycles. The zero-order valence-electron chi connectivity index (χ0n) is 17.1. The number of halogens is 1. The molecule has 1 heterocycles. The maximum absolute atomic E-state index is 13.6. The Bertz CT molecular complexity index is 865. The molecule has 3 rings (SSSR count). The van der Waals surface area contributed by atoms with Crippen LogP contribution in [-0.2, 0) is 16.2 Å². The van der Waals surface area contributed by atoms with Gasteiger partial charge >= 0.3 is 0 Å². The molecule has 0 aromatic heterocycles. The van der Waals surface area contributed by atoms with Crippen molar-refractivity contribution in [3.05, 3.63) is 65.5 Å². The van der Waals surface area contributed by atoms with Gasteiger partial charge in [-0.15, -0.1) is 0 Å². The molecular formula is C23H27FN2O3. The van der Waals surface area contributed by atoms with Crippen LogP contribution in [0.2, 0.25) is 0 Å². The van der Waals surface area contributed by atoms with Gasteiger partial charge in [-0.1, -0.05) is 31.1 Å². The van der Waals surface area contributed by atoms with Crippen molar-refractivity contribution >= 4 is 11.6 Å². The lowest BCUT2D eigenvalue weighted by Crippen LogP contribution is -2.37. The Hall–Kier alpha value is -2.89. The molecule has 0 N–H and O–H groups in total. The van der Waals surface area contributed by atoms with Crippen molar-refractivity contribution in [2.24, 2.45) is 11.1 Å². The SMILES string of the molecule is COc1ccc(C2=NOC(CN(Cc3cccc(F)c3)C(=O)CC(C)C)C2)cc1. The van der Waals surface area contributed by atoms with E-state index in [-0.39, 0.29) is 23.7 Å². The Morgan fingerprint density at radius 1 is 1.28 bits per heavy atom. The third kappa shape index (κ3) is 5.79. The van der Waals surface area contributed by atoms with Crippen molar-refractivity contribution in [3.63, 3.8) is 0 Å². The van der Waals surface area contributed by atoms with Gasteiger partial charge < -0.3 is 14.5 Å². The van der Waals surface area contributed by atoms with E-state index in [0.717, 1.165) is 22.6 Å². The quantitative estimate of drug-likeness (QED) is 0.662. The summed E-state index contributed by atoms with van der Waals surface area (Å²) in [6.07, 6.45) is 0.826. The van der Waals surface area contributed by atoms with Crippen molar-refractivity contribution in [2.75, 3.05) is 13.7 Å². The number of hydrogen-bond acceptors (Lipinski definition) is 4. The number of amides is 1. The first-order valence-electron chi connectivity index (χ1n) is 9.84. The fraction of sp³-hybridized carbons (Fsp3) is 0.391. The molecule has 1 amide bonds. The second-order valence-electron chi connectivity index (χ2n) is 7.70. The molecule has 1 unspecified atom stereocenters. The third-order valence-electron chi connectivity index (χ3n) is 4.78.